The Morgan fingerprint density at radius 1 is 1.00 bits per heavy atom. The smallest absolute Gasteiger partial charge is 0.0733 e. The summed E-state index contributed by atoms with van der Waals surface area (Å²) in [7, 11) is 1.73. The number of methoxy groups -OCH3 is 1. The largest absolute Gasteiger partial charge is 0.382 e. The van der Waals surface area contributed by atoms with Crippen LogP contribution in [0.3, 0.4) is 0 Å². The summed E-state index contributed by atoms with van der Waals surface area (Å²) in [6, 6.07) is 19.4. The fraction of sp³-hybridized carbons (Fsp3) is 0.333. The molecule has 0 bridgehead atoms. The molecule has 20 heavy (non-hydrogen) atoms. The fourth-order valence-electron chi connectivity index (χ4n) is 2.31. The number of anilines is 1. The minimum Gasteiger partial charge on any atom is -0.382 e. The molecule has 106 valence electrons. The van der Waals surface area contributed by atoms with Crippen molar-refractivity contribution >= 4 is 5.69 Å². The van der Waals surface area contributed by atoms with Gasteiger partial charge in [-0.25, -0.2) is 0 Å². The molecule has 2 aromatic carbocycles. The second kappa shape index (κ2) is 7.71. The van der Waals surface area contributed by atoms with E-state index < -0.39 is 0 Å². The second-order valence-electron chi connectivity index (χ2n) is 5.16. The average Bonchev–Trinajstić information content (AvgIpc) is 2.49. The summed E-state index contributed by atoms with van der Waals surface area (Å²) in [4.78, 5) is 0. The molecule has 0 aliphatic rings. The zero-order valence-corrected chi connectivity index (χ0v) is 12.3. The van der Waals surface area contributed by atoms with E-state index in [2.05, 4.69) is 60.8 Å². The molecule has 0 spiro atoms. The van der Waals surface area contributed by atoms with Crippen LogP contribution < -0.4 is 5.32 Å². The first-order chi connectivity index (χ1) is 9.79. The van der Waals surface area contributed by atoms with E-state index in [-0.39, 0.29) is 0 Å². The van der Waals surface area contributed by atoms with Crippen LogP contribution in [0.15, 0.2) is 54.6 Å². The van der Waals surface area contributed by atoms with E-state index in [9.17, 15) is 0 Å². The van der Waals surface area contributed by atoms with Gasteiger partial charge in [-0.15, -0.1) is 0 Å². The van der Waals surface area contributed by atoms with Crippen molar-refractivity contribution in [3.63, 3.8) is 0 Å². The summed E-state index contributed by atoms with van der Waals surface area (Å²) >= 11 is 0. The van der Waals surface area contributed by atoms with Gasteiger partial charge in [-0.2, -0.15) is 0 Å². The van der Waals surface area contributed by atoms with Gasteiger partial charge in [-0.3, -0.25) is 0 Å². The van der Waals surface area contributed by atoms with E-state index in [1.165, 1.54) is 16.8 Å². The molecule has 0 aliphatic heterocycles. The van der Waals surface area contributed by atoms with Gasteiger partial charge in [-0.05, 0) is 31.4 Å². The molecule has 2 aromatic rings. The van der Waals surface area contributed by atoms with Gasteiger partial charge < -0.3 is 10.1 Å². The highest BCUT2D eigenvalue weighted by Crippen LogP contribution is 2.18. The number of rotatable bonds is 7. The number of ether oxygens (including phenoxy) is 1. The average molecular weight is 269 g/mol. The van der Waals surface area contributed by atoms with Crippen LogP contribution >= 0.6 is 0 Å². The summed E-state index contributed by atoms with van der Waals surface area (Å²) in [5, 5.41) is 3.59. The van der Waals surface area contributed by atoms with Gasteiger partial charge in [0, 0.05) is 24.4 Å². The third kappa shape index (κ3) is 4.39. The molecule has 0 heterocycles. The minimum atomic E-state index is 0.438. The molecule has 2 rings (SSSR count). The minimum absolute atomic E-state index is 0.438. The molecular weight excluding hydrogens is 246 g/mol. The summed E-state index contributed by atoms with van der Waals surface area (Å²) in [6.07, 6.45) is 2.22. The van der Waals surface area contributed by atoms with E-state index in [0.29, 0.717) is 12.6 Å². The van der Waals surface area contributed by atoms with Crippen molar-refractivity contribution in [2.45, 2.75) is 32.4 Å². The Morgan fingerprint density at radius 2 is 1.70 bits per heavy atom. The van der Waals surface area contributed by atoms with Crippen molar-refractivity contribution in [3.8, 4) is 0 Å². The molecule has 0 fully saturated rings. The molecule has 0 saturated carbocycles. The van der Waals surface area contributed by atoms with Crippen molar-refractivity contribution in [2.24, 2.45) is 0 Å². The molecule has 0 amide bonds. The molecule has 0 radical (unpaired) electrons. The van der Waals surface area contributed by atoms with Crippen LogP contribution in [-0.2, 0) is 17.8 Å². The van der Waals surface area contributed by atoms with Gasteiger partial charge >= 0.3 is 0 Å². The summed E-state index contributed by atoms with van der Waals surface area (Å²) < 4.78 is 5.24. The van der Waals surface area contributed by atoms with Gasteiger partial charge in [0.2, 0.25) is 0 Å². The van der Waals surface area contributed by atoms with Crippen LogP contribution in [0.4, 0.5) is 5.69 Å². The normalized spacial score (nSPS) is 12.1. The molecule has 1 unspecified atom stereocenters. The van der Waals surface area contributed by atoms with Crippen molar-refractivity contribution in [1.29, 1.82) is 0 Å². The highest BCUT2D eigenvalue weighted by Gasteiger charge is 2.06. The zero-order chi connectivity index (χ0) is 14.2. The molecule has 1 atom stereocenters. The fourth-order valence-corrected chi connectivity index (χ4v) is 2.31. The molecule has 0 aromatic heterocycles. The first kappa shape index (κ1) is 14.6. The van der Waals surface area contributed by atoms with Crippen molar-refractivity contribution in [1.82, 2.24) is 0 Å². The SMILES string of the molecule is COCc1ccccc1NC(C)CCc1ccccc1. The lowest BCUT2D eigenvalue weighted by Crippen LogP contribution is -2.17. The van der Waals surface area contributed by atoms with Crippen molar-refractivity contribution < 1.29 is 4.74 Å². The first-order valence-electron chi connectivity index (χ1n) is 7.17. The van der Waals surface area contributed by atoms with Gasteiger partial charge in [-0.1, -0.05) is 48.5 Å². The Morgan fingerprint density at radius 3 is 2.45 bits per heavy atom. The van der Waals surface area contributed by atoms with Crippen LogP contribution in [0.2, 0.25) is 0 Å². The number of benzene rings is 2. The predicted molar refractivity (Wildman–Crippen MR) is 85.0 cm³/mol. The summed E-state index contributed by atoms with van der Waals surface area (Å²) in [5.41, 5.74) is 3.78. The second-order valence-corrected chi connectivity index (χ2v) is 5.16. The monoisotopic (exact) mass is 269 g/mol. The third-order valence-electron chi connectivity index (χ3n) is 3.43. The lowest BCUT2D eigenvalue weighted by molar-refractivity contribution is 0.185. The Bertz CT molecular complexity index is 510. The lowest BCUT2D eigenvalue weighted by atomic mass is 10.1. The van der Waals surface area contributed by atoms with E-state index in [1.807, 2.05) is 6.07 Å². The maximum absolute atomic E-state index is 5.24. The van der Waals surface area contributed by atoms with E-state index in [0.717, 1.165) is 12.8 Å². The zero-order valence-electron chi connectivity index (χ0n) is 12.3. The van der Waals surface area contributed by atoms with Crippen LogP contribution in [0, 0.1) is 0 Å². The van der Waals surface area contributed by atoms with E-state index in [4.69, 9.17) is 4.74 Å². The van der Waals surface area contributed by atoms with Crippen molar-refractivity contribution in [2.75, 3.05) is 12.4 Å². The Labute approximate surface area is 121 Å². The van der Waals surface area contributed by atoms with Gasteiger partial charge in [0.1, 0.15) is 0 Å². The van der Waals surface area contributed by atoms with E-state index in [1.54, 1.807) is 7.11 Å². The molecular formula is C18H23NO. The topological polar surface area (TPSA) is 21.3 Å². The van der Waals surface area contributed by atoms with Crippen LogP contribution in [0.1, 0.15) is 24.5 Å². The quantitative estimate of drug-likeness (QED) is 0.810. The van der Waals surface area contributed by atoms with Gasteiger partial charge in [0.15, 0.2) is 0 Å². The predicted octanol–water partition coefficient (Wildman–Crippen LogP) is 4.27. The Hall–Kier alpha value is -1.80. The van der Waals surface area contributed by atoms with Crippen LogP contribution in [-0.4, -0.2) is 13.2 Å². The number of nitrogens with one attached hydrogen (secondary N) is 1. The number of para-hydroxylation sites is 1. The van der Waals surface area contributed by atoms with Crippen LogP contribution in [0.5, 0.6) is 0 Å². The summed E-state index contributed by atoms with van der Waals surface area (Å²) in [5.74, 6) is 0. The van der Waals surface area contributed by atoms with Crippen molar-refractivity contribution in [3.05, 3.63) is 65.7 Å². The number of hydrogen-bond donors (Lipinski definition) is 1. The number of aryl methyl sites for hydroxylation is 1. The molecule has 2 heteroatoms. The highest BCUT2D eigenvalue weighted by molar-refractivity contribution is 5.51. The third-order valence-corrected chi connectivity index (χ3v) is 3.43. The molecule has 2 nitrogen and oxygen atoms in total. The molecule has 1 N–H and O–H groups in total. The Kier molecular flexibility index (Phi) is 5.63. The van der Waals surface area contributed by atoms with Gasteiger partial charge in [0.25, 0.3) is 0 Å². The lowest BCUT2D eigenvalue weighted by Gasteiger charge is -2.18. The molecule has 0 saturated heterocycles. The van der Waals surface area contributed by atoms with E-state index >= 15 is 0 Å². The summed E-state index contributed by atoms with van der Waals surface area (Å²) in [6.45, 7) is 2.88. The Balaban J connectivity index is 1.89. The highest BCUT2D eigenvalue weighted by atomic mass is 16.5. The first-order valence-corrected chi connectivity index (χ1v) is 7.17. The maximum atomic E-state index is 5.24. The standard InChI is InChI=1S/C18H23NO/c1-15(12-13-16-8-4-3-5-9-16)19-18-11-7-6-10-17(18)14-20-2/h3-11,15,19H,12-14H2,1-2H3. The van der Waals surface area contributed by atoms with Gasteiger partial charge in [0.05, 0.1) is 6.61 Å². The number of hydrogen-bond acceptors (Lipinski definition) is 2. The molecule has 0 aliphatic carbocycles. The van der Waals surface area contributed by atoms with Crippen LogP contribution in [0.25, 0.3) is 0 Å². The maximum Gasteiger partial charge on any atom is 0.0733 e.